The summed E-state index contributed by atoms with van der Waals surface area (Å²) in [5.41, 5.74) is 0.666. The molecular weight excluding hydrogens is 340 g/mol. The molecule has 2 rings (SSSR count). The van der Waals surface area contributed by atoms with E-state index in [2.05, 4.69) is 5.32 Å². The second kappa shape index (κ2) is 8.52. The number of carbonyl (C=O) groups is 1. The highest BCUT2D eigenvalue weighted by Gasteiger charge is 2.07. The van der Waals surface area contributed by atoms with Gasteiger partial charge in [0.25, 0.3) is 5.69 Å². The van der Waals surface area contributed by atoms with Gasteiger partial charge in [0.1, 0.15) is 0 Å². The van der Waals surface area contributed by atoms with E-state index >= 15 is 0 Å². The zero-order chi connectivity index (χ0) is 19.1. The lowest BCUT2D eigenvalue weighted by Gasteiger charge is -2.12. The van der Waals surface area contributed by atoms with Gasteiger partial charge in [0.05, 0.1) is 19.1 Å². The molecule has 2 aromatic rings. The third-order valence-electron chi connectivity index (χ3n) is 3.54. The molecule has 0 saturated carbocycles. The van der Waals surface area contributed by atoms with Crippen LogP contribution in [0.5, 0.6) is 17.2 Å². The van der Waals surface area contributed by atoms with E-state index in [1.165, 1.54) is 20.3 Å². The van der Waals surface area contributed by atoms with Crippen molar-refractivity contribution in [2.24, 2.45) is 0 Å². The number of rotatable bonds is 7. The third kappa shape index (κ3) is 4.73. The summed E-state index contributed by atoms with van der Waals surface area (Å²) in [6.45, 7) is -0.102. The molecule has 0 aliphatic rings. The lowest BCUT2D eigenvalue weighted by atomic mass is 10.1. The summed E-state index contributed by atoms with van der Waals surface area (Å²) in [4.78, 5) is 22.1. The van der Waals surface area contributed by atoms with Gasteiger partial charge in [0.2, 0.25) is 5.91 Å². The highest BCUT2D eigenvalue weighted by atomic mass is 16.6. The monoisotopic (exact) mass is 357 g/mol. The van der Waals surface area contributed by atoms with E-state index in [1.807, 2.05) is 0 Å². The zero-order valence-corrected chi connectivity index (χ0v) is 14.2. The van der Waals surface area contributed by atoms with Gasteiger partial charge >= 0.3 is 0 Å². The number of amides is 1. The van der Waals surface area contributed by atoms with Crippen molar-refractivity contribution < 1.29 is 24.3 Å². The van der Waals surface area contributed by atoms with Gasteiger partial charge in [-0.3, -0.25) is 14.9 Å². The molecule has 0 atom stereocenters. The van der Waals surface area contributed by atoms with Crippen molar-refractivity contribution in [2.45, 2.75) is 6.54 Å². The smallest absolute Gasteiger partial charge is 0.269 e. The van der Waals surface area contributed by atoms with Gasteiger partial charge in [0.15, 0.2) is 11.5 Å². The van der Waals surface area contributed by atoms with Gasteiger partial charge in [0, 0.05) is 24.8 Å². The Hall–Kier alpha value is -3.55. The molecule has 8 nitrogen and oxygen atoms in total. The number of nitro groups is 1. The third-order valence-corrected chi connectivity index (χ3v) is 3.54. The summed E-state index contributed by atoms with van der Waals surface area (Å²) in [5, 5.41) is 25.0. The van der Waals surface area contributed by atoms with Gasteiger partial charge in [-0.15, -0.1) is 5.75 Å². The van der Waals surface area contributed by atoms with Gasteiger partial charge in [-0.25, -0.2) is 0 Å². The summed E-state index contributed by atoms with van der Waals surface area (Å²) < 4.78 is 10.3. The summed E-state index contributed by atoms with van der Waals surface area (Å²) in [7, 11) is 3.04. The van der Waals surface area contributed by atoms with Crippen LogP contribution in [0.4, 0.5) is 5.69 Å². The summed E-state index contributed by atoms with van der Waals surface area (Å²) in [5.74, 6) is 0.288. The van der Waals surface area contributed by atoms with Crippen LogP contribution in [0.1, 0.15) is 11.1 Å². The maximum Gasteiger partial charge on any atom is 0.269 e. The molecule has 0 unspecified atom stereocenters. The fourth-order valence-electron chi connectivity index (χ4n) is 2.19. The van der Waals surface area contributed by atoms with Crippen LogP contribution in [0.15, 0.2) is 42.5 Å². The fraction of sp³-hybridized carbons (Fsp3) is 0.167. The summed E-state index contributed by atoms with van der Waals surface area (Å²) in [6, 6.07) is 8.56. The first-order chi connectivity index (χ1) is 12.4. The molecule has 0 bridgehead atoms. The van der Waals surface area contributed by atoms with E-state index < -0.39 is 10.8 Å². The number of benzene rings is 2. The Morgan fingerprint density at radius 1 is 1.15 bits per heavy atom. The Kier molecular flexibility index (Phi) is 6.15. The predicted molar refractivity (Wildman–Crippen MR) is 93.0 cm³/mol. The highest BCUT2D eigenvalue weighted by molar-refractivity contribution is 5.91. The summed E-state index contributed by atoms with van der Waals surface area (Å²) >= 11 is 0. The zero-order valence-electron chi connectivity index (χ0n) is 14.2. The maximum absolute atomic E-state index is 11.9. The van der Waals surface area contributed by atoms with Crippen molar-refractivity contribution in [3.8, 4) is 17.2 Å². The second-order valence-electron chi connectivity index (χ2n) is 5.21. The molecule has 0 aliphatic carbocycles. The molecule has 2 aromatic carbocycles. The molecule has 0 saturated heterocycles. The molecule has 0 aromatic heterocycles. The van der Waals surface area contributed by atoms with Crippen LogP contribution in [0.2, 0.25) is 0 Å². The molecule has 0 spiro atoms. The van der Waals surface area contributed by atoms with E-state index in [4.69, 9.17) is 9.47 Å². The quantitative estimate of drug-likeness (QED) is 0.461. The molecule has 0 radical (unpaired) electrons. The van der Waals surface area contributed by atoms with Crippen molar-refractivity contribution in [3.63, 3.8) is 0 Å². The van der Waals surface area contributed by atoms with Crippen LogP contribution in [-0.2, 0) is 11.3 Å². The number of nitrogens with zero attached hydrogens (tertiary/aromatic N) is 1. The van der Waals surface area contributed by atoms with E-state index in [-0.39, 0.29) is 23.5 Å². The van der Waals surface area contributed by atoms with Gasteiger partial charge in [-0.05, 0) is 29.3 Å². The maximum atomic E-state index is 11.9. The molecule has 0 aliphatic heterocycles. The average molecular weight is 357 g/mol. The first kappa shape index (κ1) is 18.8. The van der Waals surface area contributed by atoms with Gasteiger partial charge in [-0.1, -0.05) is 12.1 Å². The first-order valence-electron chi connectivity index (χ1n) is 7.57. The first-order valence-corrected chi connectivity index (χ1v) is 7.57. The van der Waals surface area contributed by atoms with Crippen molar-refractivity contribution in [1.82, 2.24) is 5.32 Å². The lowest BCUT2D eigenvalue weighted by molar-refractivity contribution is -0.385. The highest BCUT2D eigenvalue weighted by Crippen LogP contribution is 2.28. The number of hydrogen-bond donors (Lipinski definition) is 1. The number of hydrogen-bond acceptors (Lipinski definition) is 6. The average Bonchev–Trinajstić information content (AvgIpc) is 2.65. The minimum atomic E-state index is -0.596. The van der Waals surface area contributed by atoms with Crippen LogP contribution in [0.25, 0.3) is 6.08 Å². The van der Waals surface area contributed by atoms with E-state index in [0.717, 1.165) is 23.8 Å². The molecule has 26 heavy (non-hydrogen) atoms. The molecule has 0 heterocycles. The second-order valence-corrected chi connectivity index (χ2v) is 5.21. The van der Waals surface area contributed by atoms with Gasteiger partial charge in [-0.2, -0.15) is 0 Å². The topological polar surface area (TPSA) is 114 Å². The molecular formula is C18H17N2O6-. The molecule has 136 valence electrons. The van der Waals surface area contributed by atoms with Crippen LogP contribution in [0, 0.1) is 10.1 Å². The summed E-state index contributed by atoms with van der Waals surface area (Å²) in [6.07, 6.45) is 2.87. The van der Waals surface area contributed by atoms with Crippen LogP contribution in [-0.4, -0.2) is 25.1 Å². The van der Waals surface area contributed by atoms with Crippen molar-refractivity contribution in [3.05, 3.63) is 63.7 Å². The van der Waals surface area contributed by atoms with Crippen LogP contribution in [0.3, 0.4) is 0 Å². The minimum absolute atomic E-state index is 0.102. The Morgan fingerprint density at radius 2 is 1.88 bits per heavy atom. The van der Waals surface area contributed by atoms with Crippen LogP contribution >= 0.6 is 0 Å². The predicted octanol–water partition coefficient (Wildman–Crippen LogP) is 2.02. The molecule has 1 N–H and O–H groups in total. The van der Waals surface area contributed by atoms with Crippen molar-refractivity contribution in [2.75, 3.05) is 14.2 Å². The molecule has 8 heteroatoms. The van der Waals surface area contributed by atoms with Gasteiger partial charge < -0.3 is 19.9 Å². The number of methoxy groups -OCH3 is 2. The standard InChI is InChI=1S/C18H18N2O6/c1-25-16-7-3-12(9-17(16)26-2)4-8-18(22)19-11-13-10-14(20(23)24)5-6-15(13)21/h3-10,21H,11H2,1-2H3,(H,19,22)/p-1/b8-4+. The fourth-order valence-corrected chi connectivity index (χ4v) is 2.19. The van der Waals surface area contributed by atoms with Crippen molar-refractivity contribution >= 4 is 17.7 Å². The number of ether oxygens (including phenoxy) is 2. The van der Waals surface area contributed by atoms with E-state index in [9.17, 15) is 20.0 Å². The number of carbonyl (C=O) groups excluding carboxylic acids is 1. The normalized spacial score (nSPS) is 10.5. The molecule has 0 fully saturated rings. The van der Waals surface area contributed by atoms with Crippen molar-refractivity contribution in [1.29, 1.82) is 0 Å². The number of non-ortho nitro benzene ring substituents is 1. The largest absolute Gasteiger partial charge is 0.872 e. The van der Waals surface area contributed by atoms with E-state index in [1.54, 1.807) is 24.3 Å². The Balaban J connectivity index is 2.02. The van der Waals surface area contributed by atoms with E-state index in [0.29, 0.717) is 11.5 Å². The lowest BCUT2D eigenvalue weighted by Crippen LogP contribution is -2.21. The Labute approximate surface area is 149 Å². The SMILES string of the molecule is COc1ccc(/C=C/C(=O)NCc2cc([N+](=O)[O-])ccc2[O-])cc1OC. The minimum Gasteiger partial charge on any atom is -0.872 e. The Morgan fingerprint density at radius 3 is 2.54 bits per heavy atom. The number of nitro benzene ring substituents is 1. The Bertz CT molecular complexity index is 848. The molecule has 1 amide bonds. The van der Waals surface area contributed by atoms with Crippen LogP contribution < -0.4 is 19.9 Å². The number of nitrogens with one attached hydrogen (secondary N) is 1.